The van der Waals surface area contributed by atoms with E-state index >= 15 is 0 Å². The van der Waals surface area contributed by atoms with Crippen LogP contribution in [0, 0.1) is 5.92 Å². The van der Waals surface area contributed by atoms with Crippen LogP contribution in [0.5, 0.6) is 0 Å². The Morgan fingerprint density at radius 3 is 1.98 bits per heavy atom. The molecule has 13 nitrogen and oxygen atoms in total. The fourth-order valence-electron chi connectivity index (χ4n) is 7.98. The summed E-state index contributed by atoms with van der Waals surface area (Å²) < 4.78 is 49.8. The molecule has 2 aliphatic heterocycles. The molecule has 7 rings (SSSR count). The number of hydrogen-bond donors (Lipinski definition) is 1. The van der Waals surface area contributed by atoms with Gasteiger partial charge in [0.25, 0.3) is 0 Å². The maximum Gasteiger partial charge on any atom is 0.417 e. The normalized spacial score (nSPS) is 22.0. The quantitative estimate of drug-likeness (QED) is 0.0594. The Balaban J connectivity index is 1.09. The van der Waals surface area contributed by atoms with Crippen LogP contribution < -0.4 is 0 Å². The summed E-state index contributed by atoms with van der Waals surface area (Å²) in [6.45, 7) is 1.67. The second-order valence-corrected chi connectivity index (χ2v) is 16.2. The van der Waals surface area contributed by atoms with E-state index < -0.39 is 66.7 Å². The minimum atomic E-state index is -1.20. The minimum Gasteiger partial charge on any atom is -0.461 e. The van der Waals surface area contributed by atoms with Crippen LogP contribution in [-0.4, -0.2) is 85.6 Å². The number of methoxy groups -OCH3 is 1. The van der Waals surface area contributed by atoms with E-state index in [9.17, 15) is 19.5 Å². The second-order valence-electron chi connectivity index (χ2n) is 15.4. The summed E-state index contributed by atoms with van der Waals surface area (Å²) in [7, 11) is 1.51. The second kappa shape index (κ2) is 22.4. The van der Waals surface area contributed by atoms with Gasteiger partial charge >= 0.3 is 12.1 Å². The van der Waals surface area contributed by atoms with E-state index in [1.54, 1.807) is 6.07 Å². The van der Waals surface area contributed by atoms with Gasteiger partial charge in [0.15, 0.2) is 12.4 Å². The van der Waals surface area contributed by atoms with Crippen molar-refractivity contribution in [3.8, 4) is 0 Å². The molecule has 1 aromatic heterocycles. The molecule has 0 spiro atoms. The van der Waals surface area contributed by atoms with Crippen LogP contribution in [0.15, 0.2) is 136 Å². The first-order valence-electron chi connectivity index (χ1n) is 21.0. The zero-order valence-electron chi connectivity index (χ0n) is 35.2. The van der Waals surface area contributed by atoms with Crippen LogP contribution in [0.3, 0.4) is 0 Å². The number of aryl methyl sites for hydroxylation is 1. The van der Waals surface area contributed by atoms with Crippen molar-refractivity contribution < 1.29 is 57.1 Å². The molecule has 332 valence electrons. The number of carbonyl (C=O) groups excluding carboxylic acids is 3. The number of furan rings is 1. The molecular weight excluding hydrogens is 874 g/mol. The van der Waals surface area contributed by atoms with Gasteiger partial charge in [-0.3, -0.25) is 9.59 Å². The lowest BCUT2D eigenvalue weighted by molar-refractivity contribution is -0.319. The third kappa shape index (κ3) is 11.7. The van der Waals surface area contributed by atoms with E-state index in [1.165, 1.54) is 14.0 Å². The summed E-state index contributed by atoms with van der Waals surface area (Å²) in [4.78, 5) is 41.8. The van der Waals surface area contributed by atoms with Crippen molar-refractivity contribution in [2.24, 2.45) is 5.92 Å². The predicted octanol–water partition coefficient (Wildman–Crippen LogP) is 8.08. The van der Waals surface area contributed by atoms with Crippen LogP contribution in [0.2, 0.25) is 0 Å². The van der Waals surface area contributed by atoms with Crippen molar-refractivity contribution in [1.82, 2.24) is 4.90 Å². The summed E-state index contributed by atoms with van der Waals surface area (Å²) in [5, 5.41) is 10.4. The molecular formula is C49H52BrNO12. The molecule has 0 aliphatic carbocycles. The Labute approximate surface area is 375 Å². The van der Waals surface area contributed by atoms with Crippen molar-refractivity contribution >= 4 is 33.9 Å². The third-order valence-corrected chi connectivity index (χ3v) is 11.7. The Morgan fingerprint density at radius 2 is 1.40 bits per heavy atom. The van der Waals surface area contributed by atoms with Gasteiger partial charge in [0.1, 0.15) is 48.6 Å². The summed E-state index contributed by atoms with van der Waals surface area (Å²) >= 11 is 3.64. The lowest BCUT2D eigenvalue weighted by atomic mass is 9.90. The first kappa shape index (κ1) is 45.8. The summed E-state index contributed by atoms with van der Waals surface area (Å²) in [6, 6.07) is 39.0. The van der Waals surface area contributed by atoms with Crippen molar-refractivity contribution in [2.75, 3.05) is 26.9 Å². The highest BCUT2D eigenvalue weighted by atomic mass is 79.9. The number of carbonyl (C=O) groups is 3. The highest BCUT2D eigenvalue weighted by Crippen LogP contribution is 2.39. The van der Waals surface area contributed by atoms with E-state index in [0.717, 1.165) is 27.2 Å². The molecule has 14 heteroatoms. The zero-order chi connectivity index (χ0) is 44.1. The molecule has 1 N–H and O–H groups in total. The van der Waals surface area contributed by atoms with E-state index in [-0.39, 0.29) is 45.2 Å². The molecule has 8 unspecified atom stereocenters. The number of nitrogens with zero attached hydrogens (tertiary/aromatic N) is 1. The molecule has 3 heterocycles. The van der Waals surface area contributed by atoms with Gasteiger partial charge in [0.05, 0.1) is 30.2 Å². The molecule has 8 atom stereocenters. The Kier molecular flexibility index (Phi) is 16.3. The fourth-order valence-corrected chi connectivity index (χ4v) is 8.48. The Hall–Kier alpha value is -5.19. The number of benzene rings is 4. The Morgan fingerprint density at radius 1 is 0.810 bits per heavy atom. The number of hydrogen-bond acceptors (Lipinski definition) is 12. The molecule has 63 heavy (non-hydrogen) atoms. The molecule has 2 amide bonds. The summed E-state index contributed by atoms with van der Waals surface area (Å²) in [5.41, 5.74) is 3.43. The number of aliphatic hydroxyl groups is 1. The average molecular weight is 927 g/mol. The molecule has 4 aromatic carbocycles. The van der Waals surface area contributed by atoms with E-state index in [1.807, 2.05) is 121 Å². The summed E-state index contributed by atoms with van der Waals surface area (Å²) in [5.74, 6) is -1.49. The molecule has 0 bridgehead atoms. The summed E-state index contributed by atoms with van der Waals surface area (Å²) in [6.07, 6.45) is -4.75. The lowest BCUT2D eigenvalue weighted by Gasteiger charge is -2.45. The van der Waals surface area contributed by atoms with Gasteiger partial charge in [0.2, 0.25) is 5.91 Å². The number of halogens is 1. The number of rotatable bonds is 20. The SMILES string of the molecule is COC1OC(CO)C(OCc2ccccc2)C(OCc2ccccc2)C1OCCCc1oc(C(OC(C)=O)C(Cc2ccccc2)C(=O)N2C(=O)OCC2c2ccccc2)cc1Br. The Bertz CT molecular complexity index is 2210. The molecule has 5 aromatic rings. The van der Waals surface area contributed by atoms with Gasteiger partial charge in [-0.2, -0.15) is 0 Å². The number of ether oxygens (including phenoxy) is 7. The van der Waals surface area contributed by atoms with Crippen molar-refractivity contribution in [3.05, 3.63) is 166 Å². The van der Waals surface area contributed by atoms with Crippen LogP contribution in [0.25, 0.3) is 0 Å². The monoisotopic (exact) mass is 925 g/mol. The highest BCUT2D eigenvalue weighted by Gasteiger charge is 2.49. The molecule has 0 saturated carbocycles. The van der Waals surface area contributed by atoms with Crippen LogP contribution >= 0.6 is 15.9 Å². The van der Waals surface area contributed by atoms with Crippen LogP contribution in [0.1, 0.15) is 59.3 Å². The number of imide groups is 1. The maximum atomic E-state index is 14.7. The number of esters is 1. The van der Waals surface area contributed by atoms with Crippen LogP contribution in [0.4, 0.5) is 4.79 Å². The van der Waals surface area contributed by atoms with Crippen LogP contribution in [-0.2, 0) is 68.8 Å². The first-order valence-corrected chi connectivity index (χ1v) is 21.8. The number of aliphatic hydroxyl groups excluding tert-OH is 1. The van der Waals surface area contributed by atoms with Gasteiger partial charge in [-0.1, -0.05) is 121 Å². The van der Waals surface area contributed by atoms with Crippen molar-refractivity contribution in [1.29, 1.82) is 0 Å². The van der Waals surface area contributed by atoms with Gasteiger partial charge < -0.3 is 42.7 Å². The molecule has 0 radical (unpaired) electrons. The maximum absolute atomic E-state index is 14.7. The predicted molar refractivity (Wildman–Crippen MR) is 233 cm³/mol. The topological polar surface area (TPSA) is 152 Å². The van der Waals surface area contributed by atoms with Gasteiger partial charge in [-0.05, 0) is 57.1 Å². The van der Waals surface area contributed by atoms with Gasteiger partial charge in [0, 0.05) is 27.1 Å². The molecule has 2 saturated heterocycles. The smallest absolute Gasteiger partial charge is 0.417 e. The third-order valence-electron chi connectivity index (χ3n) is 11.1. The number of cyclic esters (lactones) is 1. The van der Waals surface area contributed by atoms with Gasteiger partial charge in [-0.15, -0.1) is 0 Å². The van der Waals surface area contributed by atoms with Crippen molar-refractivity contribution in [3.63, 3.8) is 0 Å². The standard InChI is InChI=1S/C49H52BrNO12/c1-32(53)61-43(37(26-33-16-7-3-8-17-33)47(54)51-39(31-60-49(51)55)36-22-13-6-14-23-36)41-27-38(50)40(62-41)24-15-25-57-46-45(59-30-35-20-11-5-12-21-35)44(42(28-52)63-48(46)56-2)58-29-34-18-9-4-10-19-34/h3-14,16-23,27,37,39,42-46,48,52H,15,24-26,28-31H2,1-2H3. The lowest BCUT2D eigenvalue weighted by Crippen LogP contribution is -2.61. The van der Waals surface area contributed by atoms with Gasteiger partial charge in [-0.25, -0.2) is 9.69 Å². The molecule has 2 fully saturated rings. The minimum absolute atomic E-state index is 0.00914. The van der Waals surface area contributed by atoms with E-state index in [0.29, 0.717) is 23.1 Å². The molecule has 2 aliphatic rings. The largest absolute Gasteiger partial charge is 0.461 e. The van der Waals surface area contributed by atoms with E-state index in [4.69, 9.17) is 37.6 Å². The average Bonchev–Trinajstić information content (AvgIpc) is 3.89. The fraction of sp³-hybridized carbons (Fsp3) is 0.367. The first-order chi connectivity index (χ1) is 30.7. The number of amides is 2. The van der Waals surface area contributed by atoms with E-state index in [2.05, 4.69) is 15.9 Å². The highest BCUT2D eigenvalue weighted by molar-refractivity contribution is 9.10. The zero-order valence-corrected chi connectivity index (χ0v) is 36.7. The van der Waals surface area contributed by atoms with Crippen molar-refractivity contribution in [2.45, 2.75) is 82.3 Å².